The minimum absolute atomic E-state index is 0.969. The summed E-state index contributed by atoms with van der Waals surface area (Å²) in [5.74, 6) is 0. The highest BCUT2D eigenvalue weighted by molar-refractivity contribution is 7.17. The summed E-state index contributed by atoms with van der Waals surface area (Å²) in [7, 11) is 0. The van der Waals surface area contributed by atoms with Gasteiger partial charge in [0.2, 0.25) is 0 Å². The van der Waals surface area contributed by atoms with Crippen LogP contribution in [0.15, 0.2) is 52.3 Å². The fraction of sp³-hybridized carbons (Fsp3) is 0. The van der Waals surface area contributed by atoms with Gasteiger partial charge in [0.15, 0.2) is 0 Å². The lowest BCUT2D eigenvalue weighted by Crippen LogP contribution is -1.66. The third-order valence-corrected chi connectivity index (χ3v) is 3.86. The van der Waals surface area contributed by atoms with Crippen molar-refractivity contribution >= 4 is 43.4 Å². The van der Waals surface area contributed by atoms with Crippen molar-refractivity contribution in [2.45, 2.75) is 0 Å². The first-order valence-corrected chi connectivity index (χ1v) is 6.09. The van der Waals surface area contributed by atoms with Crippen LogP contribution in [-0.2, 0) is 0 Å². The van der Waals surface area contributed by atoms with Crippen LogP contribution in [0.2, 0.25) is 0 Å². The summed E-state index contributed by atoms with van der Waals surface area (Å²) < 4.78 is 7.21. The van der Waals surface area contributed by atoms with E-state index in [1.165, 1.54) is 20.9 Å². The van der Waals surface area contributed by atoms with Gasteiger partial charge < -0.3 is 4.42 Å². The van der Waals surface area contributed by atoms with Crippen molar-refractivity contribution in [2.24, 2.45) is 0 Å². The zero-order chi connectivity index (χ0) is 10.5. The van der Waals surface area contributed by atoms with Gasteiger partial charge in [-0.1, -0.05) is 18.2 Å². The minimum atomic E-state index is 0.969. The van der Waals surface area contributed by atoms with Gasteiger partial charge in [0, 0.05) is 20.9 Å². The summed E-state index contributed by atoms with van der Waals surface area (Å²) in [4.78, 5) is 0. The molecule has 2 aromatic heterocycles. The number of para-hydroxylation sites is 1. The van der Waals surface area contributed by atoms with Crippen molar-refractivity contribution in [3.05, 3.63) is 47.8 Å². The molecule has 0 radical (unpaired) electrons. The summed E-state index contributed by atoms with van der Waals surface area (Å²) in [5.41, 5.74) is 1.98. The molecule has 0 amide bonds. The highest BCUT2D eigenvalue weighted by atomic mass is 32.1. The lowest BCUT2D eigenvalue weighted by molar-refractivity contribution is 0.673. The highest BCUT2D eigenvalue weighted by Crippen LogP contribution is 2.35. The lowest BCUT2D eigenvalue weighted by atomic mass is 10.1. The van der Waals surface area contributed by atoms with Crippen LogP contribution in [0.1, 0.15) is 0 Å². The van der Waals surface area contributed by atoms with E-state index in [9.17, 15) is 0 Å². The molecule has 4 rings (SSSR count). The van der Waals surface area contributed by atoms with Gasteiger partial charge >= 0.3 is 0 Å². The molecule has 4 aromatic rings. The van der Waals surface area contributed by atoms with E-state index in [4.69, 9.17) is 4.42 Å². The van der Waals surface area contributed by atoms with Crippen molar-refractivity contribution in [2.75, 3.05) is 0 Å². The molecule has 0 saturated heterocycles. The number of furan rings is 1. The van der Waals surface area contributed by atoms with Crippen LogP contribution in [0.5, 0.6) is 0 Å². The largest absolute Gasteiger partial charge is 0.455 e. The van der Waals surface area contributed by atoms with Gasteiger partial charge in [0.25, 0.3) is 0 Å². The van der Waals surface area contributed by atoms with E-state index in [2.05, 4.69) is 35.7 Å². The summed E-state index contributed by atoms with van der Waals surface area (Å²) >= 11 is 1.75. The molecule has 0 unspecified atom stereocenters. The summed E-state index contributed by atoms with van der Waals surface area (Å²) in [6, 6.07) is 14.6. The first kappa shape index (κ1) is 8.36. The van der Waals surface area contributed by atoms with Crippen LogP contribution in [0.4, 0.5) is 0 Å². The molecule has 2 heteroatoms. The van der Waals surface area contributed by atoms with Gasteiger partial charge in [0.05, 0.1) is 0 Å². The highest BCUT2D eigenvalue weighted by Gasteiger charge is 2.09. The lowest BCUT2D eigenvalue weighted by Gasteiger charge is -1.90. The van der Waals surface area contributed by atoms with Gasteiger partial charge in [-0.3, -0.25) is 0 Å². The quantitative estimate of drug-likeness (QED) is 0.418. The van der Waals surface area contributed by atoms with E-state index < -0.39 is 0 Å². The number of rotatable bonds is 0. The maximum Gasteiger partial charge on any atom is 0.144 e. The predicted octanol–water partition coefficient (Wildman–Crippen LogP) is 4.80. The second-order valence-electron chi connectivity index (χ2n) is 3.87. The van der Waals surface area contributed by atoms with Gasteiger partial charge in [0.1, 0.15) is 11.2 Å². The second kappa shape index (κ2) is 2.86. The summed E-state index contributed by atoms with van der Waals surface area (Å²) in [5, 5.41) is 5.74. The normalized spacial score (nSPS) is 11.8. The topological polar surface area (TPSA) is 13.1 Å². The van der Waals surface area contributed by atoms with Crippen LogP contribution in [0, 0.1) is 0 Å². The number of hydrogen-bond acceptors (Lipinski definition) is 2. The van der Waals surface area contributed by atoms with Gasteiger partial charge in [-0.2, -0.15) is 0 Å². The first-order valence-electron chi connectivity index (χ1n) is 5.21. The molecule has 0 aliphatic rings. The second-order valence-corrected chi connectivity index (χ2v) is 4.82. The Bertz CT molecular complexity index is 807. The van der Waals surface area contributed by atoms with E-state index in [-0.39, 0.29) is 0 Å². The van der Waals surface area contributed by atoms with Crippen molar-refractivity contribution in [1.29, 1.82) is 0 Å². The Morgan fingerprint density at radius 2 is 1.75 bits per heavy atom. The first-order chi connectivity index (χ1) is 7.93. The third kappa shape index (κ3) is 0.947. The van der Waals surface area contributed by atoms with E-state index in [0.717, 1.165) is 11.2 Å². The maximum atomic E-state index is 5.93. The maximum absolute atomic E-state index is 5.93. The summed E-state index contributed by atoms with van der Waals surface area (Å²) in [6.07, 6.45) is 0. The predicted molar refractivity (Wildman–Crippen MR) is 69.1 cm³/mol. The Kier molecular flexibility index (Phi) is 1.50. The van der Waals surface area contributed by atoms with Gasteiger partial charge in [-0.25, -0.2) is 0 Å². The van der Waals surface area contributed by atoms with Crippen molar-refractivity contribution in [3.63, 3.8) is 0 Å². The van der Waals surface area contributed by atoms with Crippen LogP contribution >= 0.6 is 11.3 Å². The number of fused-ring (bicyclic) bond motifs is 5. The Morgan fingerprint density at radius 1 is 0.812 bits per heavy atom. The van der Waals surface area contributed by atoms with Gasteiger partial charge in [-0.15, -0.1) is 11.3 Å². The van der Waals surface area contributed by atoms with Crippen molar-refractivity contribution < 1.29 is 4.42 Å². The minimum Gasteiger partial charge on any atom is -0.455 e. The number of benzene rings is 2. The molecule has 1 nitrogen and oxygen atoms in total. The fourth-order valence-electron chi connectivity index (χ4n) is 2.23. The average molecular weight is 224 g/mol. The van der Waals surface area contributed by atoms with Crippen LogP contribution in [0.25, 0.3) is 32.0 Å². The SMILES string of the molecule is c1ccc2c(c1)oc1c3ccsc3ccc21. The molecule has 0 bridgehead atoms. The van der Waals surface area contributed by atoms with Crippen LogP contribution in [-0.4, -0.2) is 0 Å². The molecule has 76 valence electrons. The molecule has 0 spiro atoms. The summed E-state index contributed by atoms with van der Waals surface area (Å²) in [6.45, 7) is 0. The molecule has 16 heavy (non-hydrogen) atoms. The smallest absolute Gasteiger partial charge is 0.144 e. The molecule has 0 aliphatic heterocycles. The zero-order valence-electron chi connectivity index (χ0n) is 8.44. The molecule has 0 aliphatic carbocycles. The van der Waals surface area contributed by atoms with Crippen LogP contribution in [0.3, 0.4) is 0 Å². The average Bonchev–Trinajstić information content (AvgIpc) is 2.92. The Morgan fingerprint density at radius 3 is 2.75 bits per heavy atom. The van der Waals surface area contributed by atoms with Crippen LogP contribution < -0.4 is 0 Å². The Hall–Kier alpha value is -1.80. The molecule has 2 aromatic carbocycles. The van der Waals surface area contributed by atoms with E-state index in [1.54, 1.807) is 11.3 Å². The van der Waals surface area contributed by atoms with Crippen molar-refractivity contribution in [1.82, 2.24) is 0 Å². The molecular formula is C14H8OS. The van der Waals surface area contributed by atoms with E-state index in [1.807, 2.05) is 12.1 Å². The van der Waals surface area contributed by atoms with E-state index >= 15 is 0 Å². The van der Waals surface area contributed by atoms with Gasteiger partial charge in [-0.05, 0) is 29.6 Å². The zero-order valence-corrected chi connectivity index (χ0v) is 9.25. The fourth-order valence-corrected chi connectivity index (χ4v) is 3.01. The number of hydrogen-bond donors (Lipinski definition) is 0. The molecule has 0 saturated carbocycles. The molecule has 0 N–H and O–H groups in total. The third-order valence-electron chi connectivity index (χ3n) is 2.98. The molecule has 0 atom stereocenters. The van der Waals surface area contributed by atoms with E-state index in [0.29, 0.717) is 0 Å². The molecule has 2 heterocycles. The molecule has 0 fully saturated rings. The standard InChI is InChI=1S/C14H8OS/c1-2-4-12-9(3-1)10-5-6-13-11(7-8-16-13)14(10)15-12/h1-8H. The Labute approximate surface area is 95.9 Å². The Balaban J connectivity index is 2.38. The monoisotopic (exact) mass is 224 g/mol. The van der Waals surface area contributed by atoms with Crippen molar-refractivity contribution in [3.8, 4) is 0 Å². The molecular weight excluding hydrogens is 216 g/mol. The number of thiophene rings is 1.